The molecule has 1 aromatic heterocycles. The average Bonchev–Trinajstić information content (AvgIpc) is 2.65. The Morgan fingerprint density at radius 2 is 2.06 bits per heavy atom. The average molecular weight is 264 g/mol. The van der Waals surface area contributed by atoms with Crippen LogP contribution in [0, 0.1) is 4.77 Å². The lowest BCUT2D eigenvalue weighted by Gasteiger charge is -2.08. The summed E-state index contributed by atoms with van der Waals surface area (Å²) in [6.07, 6.45) is 2.47. The molecule has 3 nitrogen and oxygen atoms in total. The van der Waals surface area contributed by atoms with Crippen LogP contribution in [0.25, 0.3) is 11.0 Å². The van der Waals surface area contributed by atoms with Crippen LogP contribution in [0.1, 0.15) is 26.7 Å². The molecule has 0 bridgehead atoms. The monoisotopic (exact) mass is 264 g/mol. The summed E-state index contributed by atoms with van der Waals surface area (Å²) in [7, 11) is 0. The minimum Gasteiger partial charge on any atom is -0.379 e. The molecule has 0 atom stereocenters. The Hall–Kier alpha value is -1.13. The van der Waals surface area contributed by atoms with E-state index in [-0.39, 0.29) is 0 Å². The summed E-state index contributed by atoms with van der Waals surface area (Å²) in [5.74, 6) is 0. The Kier molecular flexibility index (Phi) is 4.55. The molecule has 18 heavy (non-hydrogen) atoms. The minimum atomic E-state index is 0.320. The number of hydrogen-bond acceptors (Lipinski definition) is 2. The maximum absolute atomic E-state index is 5.54. The first-order valence-electron chi connectivity index (χ1n) is 6.47. The number of hydrogen-bond donors (Lipinski definition) is 1. The van der Waals surface area contributed by atoms with Gasteiger partial charge in [0.15, 0.2) is 4.77 Å². The molecule has 0 aliphatic carbocycles. The van der Waals surface area contributed by atoms with Gasteiger partial charge in [0.1, 0.15) is 0 Å². The molecular formula is C14H20N2OS. The van der Waals surface area contributed by atoms with Gasteiger partial charge in [0.25, 0.3) is 0 Å². The fourth-order valence-corrected chi connectivity index (χ4v) is 2.32. The minimum absolute atomic E-state index is 0.320. The van der Waals surface area contributed by atoms with Crippen LogP contribution in [0.4, 0.5) is 0 Å². The third-order valence-corrected chi connectivity index (χ3v) is 3.23. The second-order valence-corrected chi connectivity index (χ2v) is 5.11. The quantitative estimate of drug-likeness (QED) is 0.633. The molecule has 4 heteroatoms. The Morgan fingerprint density at radius 1 is 1.28 bits per heavy atom. The smallest absolute Gasteiger partial charge is 0.178 e. The lowest BCUT2D eigenvalue weighted by atomic mass is 10.3. The number of nitrogens with zero attached hydrogens (tertiary/aromatic N) is 1. The summed E-state index contributed by atoms with van der Waals surface area (Å²) in [5, 5.41) is 0. The summed E-state index contributed by atoms with van der Waals surface area (Å²) in [5.41, 5.74) is 2.30. The van der Waals surface area contributed by atoms with E-state index in [1.807, 2.05) is 12.1 Å². The van der Waals surface area contributed by atoms with Gasteiger partial charge < -0.3 is 14.3 Å². The Bertz CT molecular complexity index is 556. The highest BCUT2D eigenvalue weighted by Crippen LogP contribution is 2.14. The fraction of sp³-hybridized carbons (Fsp3) is 0.500. The number of unbranched alkanes of at least 4 members (excludes halogenated alkanes) is 1. The molecule has 0 saturated carbocycles. The van der Waals surface area contributed by atoms with Crippen molar-refractivity contribution in [3.63, 3.8) is 0 Å². The fourth-order valence-electron chi connectivity index (χ4n) is 2.02. The Labute approximate surface area is 113 Å². The van der Waals surface area contributed by atoms with Crippen molar-refractivity contribution in [3.8, 4) is 0 Å². The highest BCUT2D eigenvalue weighted by molar-refractivity contribution is 7.71. The number of H-pyrrole nitrogens is 1. The third-order valence-electron chi connectivity index (χ3n) is 2.91. The normalized spacial score (nSPS) is 11.5. The molecule has 0 amide bonds. The van der Waals surface area contributed by atoms with Crippen LogP contribution < -0.4 is 0 Å². The summed E-state index contributed by atoms with van der Waals surface area (Å²) >= 11 is 5.35. The number of para-hydroxylation sites is 2. The number of nitrogens with one attached hydrogen (secondary N) is 1. The highest BCUT2D eigenvalue weighted by atomic mass is 32.1. The molecule has 2 aromatic rings. The highest BCUT2D eigenvalue weighted by Gasteiger charge is 2.02. The number of fused-ring (bicyclic) bond motifs is 1. The van der Waals surface area contributed by atoms with Gasteiger partial charge in [-0.05, 0) is 51.0 Å². The van der Waals surface area contributed by atoms with Crippen LogP contribution in [0.15, 0.2) is 24.3 Å². The van der Waals surface area contributed by atoms with E-state index < -0.39 is 0 Å². The number of aryl methyl sites for hydroxylation is 1. The molecule has 0 spiro atoms. The zero-order chi connectivity index (χ0) is 13.0. The van der Waals surface area contributed by atoms with Gasteiger partial charge >= 0.3 is 0 Å². The Balaban J connectivity index is 1.95. The molecule has 98 valence electrons. The molecule has 1 aromatic carbocycles. The van der Waals surface area contributed by atoms with Gasteiger partial charge in [-0.2, -0.15) is 0 Å². The SMILES string of the molecule is CC(C)OCCCCn1c(=S)[nH]c2ccccc21. The summed E-state index contributed by atoms with van der Waals surface area (Å²) in [4.78, 5) is 3.23. The molecule has 0 unspecified atom stereocenters. The van der Waals surface area contributed by atoms with Crippen molar-refractivity contribution in [1.82, 2.24) is 9.55 Å². The number of ether oxygens (including phenoxy) is 1. The maximum atomic E-state index is 5.54. The van der Waals surface area contributed by atoms with Gasteiger partial charge in [-0.3, -0.25) is 0 Å². The van der Waals surface area contributed by atoms with Crippen molar-refractivity contribution >= 4 is 23.3 Å². The van der Waals surface area contributed by atoms with E-state index in [0.717, 1.165) is 36.3 Å². The van der Waals surface area contributed by atoms with Gasteiger partial charge in [-0.15, -0.1) is 0 Å². The molecule has 2 rings (SSSR count). The number of aromatic amines is 1. The van der Waals surface area contributed by atoms with Crippen LogP contribution in [0.2, 0.25) is 0 Å². The van der Waals surface area contributed by atoms with E-state index in [1.165, 1.54) is 5.52 Å². The second-order valence-electron chi connectivity index (χ2n) is 4.73. The van der Waals surface area contributed by atoms with Gasteiger partial charge in [0, 0.05) is 13.2 Å². The number of benzene rings is 1. The molecular weight excluding hydrogens is 244 g/mol. The van der Waals surface area contributed by atoms with Crippen molar-refractivity contribution < 1.29 is 4.74 Å². The van der Waals surface area contributed by atoms with Crippen LogP contribution in [0.5, 0.6) is 0 Å². The van der Waals surface area contributed by atoms with Crippen LogP contribution >= 0.6 is 12.2 Å². The van der Waals surface area contributed by atoms with Crippen molar-refractivity contribution in [2.45, 2.75) is 39.3 Å². The van der Waals surface area contributed by atoms with E-state index in [4.69, 9.17) is 17.0 Å². The standard InChI is InChI=1S/C14H20N2OS/c1-11(2)17-10-6-5-9-16-13-8-4-3-7-12(13)15-14(16)18/h3-4,7-8,11H,5-6,9-10H2,1-2H3,(H,15,18). The number of imidazole rings is 1. The van der Waals surface area contributed by atoms with Gasteiger partial charge in [-0.1, -0.05) is 12.1 Å². The topological polar surface area (TPSA) is 29.9 Å². The van der Waals surface area contributed by atoms with E-state index >= 15 is 0 Å². The first-order chi connectivity index (χ1) is 8.68. The van der Waals surface area contributed by atoms with Crippen molar-refractivity contribution in [2.75, 3.05) is 6.61 Å². The first-order valence-corrected chi connectivity index (χ1v) is 6.88. The summed E-state index contributed by atoms with van der Waals surface area (Å²) < 4.78 is 8.51. The summed E-state index contributed by atoms with van der Waals surface area (Å²) in [6.45, 7) is 5.91. The second kappa shape index (κ2) is 6.16. The molecule has 0 radical (unpaired) electrons. The lowest BCUT2D eigenvalue weighted by Crippen LogP contribution is -2.05. The van der Waals surface area contributed by atoms with Crippen LogP contribution in [-0.4, -0.2) is 22.3 Å². The lowest BCUT2D eigenvalue weighted by molar-refractivity contribution is 0.0755. The predicted molar refractivity (Wildman–Crippen MR) is 77.4 cm³/mol. The van der Waals surface area contributed by atoms with Gasteiger partial charge in [-0.25, -0.2) is 0 Å². The summed E-state index contributed by atoms with van der Waals surface area (Å²) in [6, 6.07) is 8.23. The van der Waals surface area contributed by atoms with Crippen molar-refractivity contribution in [3.05, 3.63) is 29.0 Å². The van der Waals surface area contributed by atoms with E-state index in [0.29, 0.717) is 6.10 Å². The molecule has 1 heterocycles. The maximum Gasteiger partial charge on any atom is 0.178 e. The molecule has 1 N–H and O–H groups in total. The van der Waals surface area contributed by atoms with Crippen molar-refractivity contribution in [2.24, 2.45) is 0 Å². The van der Waals surface area contributed by atoms with E-state index in [2.05, 4.69) is 35.5 Å². The third kappa shape index (κ3) is 3.21. The zero-order valence-corrected chi connectivity index (χ0v) is 11.8. The van der Waals surface area contributed by atoms with Gasteiger partial charge in [0.2, 0.25) is 0 Å². The molecule has 0 saturated heterocycles. The number of rotatable bonds is 6. The molecule has 0 fully saturated rings. The van der Waals surface area contributed by atoms with Crippen molar-refractivity contribution in [1.29, 1.82) is 0 Å². The van der Waals surface area contributed by atoms with Crippen LogP contribution in [-0.2, 0) is 11.3 Å². The zero-order valence-electron chi connectivity index (χ0n) is 11.0. The largest absolute Gasteiger partial charge is 0.379 e. The predicted octanol–water partition coefficient (Wildman–Crippen LogP) is 3.90. The van der Waals surface area contributed by atoms with E-state index in [9.17, 15) is 0 Å². The van der Waals surface area contributed by atoms with E-state index in [1.54, 1.807) is 0 Å². The van der Waals surface area contributed by atoms with Crippen LogP contribution in [0.3, 0.4) is 0 Å². The molecule has 0 aliphatic heterocycles. The van der Waals surface area contributed by atoms with Gasteiger partial charge in [0.05, 0.1) is 17.1 Å². The first kappa shape index (κ1) is 13.3. The molecule has 0 aliphatic rings. The Morgan fingerprint density at radius 3 is 2.83 bits per heavy atom. The number of aromatic nitrogens is 2.